The molecule has 0 atom stereocenters. The van der Waals surface area contributed by atoms with Crippen molar-refractivity contribution in [3.05, 3.63) is 35.4 Å². The maximum absolute atomic E-state index is 11.4. The van der Waals surface area contributed by atoms with Crippen LogP contribution in [0.3, 0.4) is 0 Å². The van der Waals surface area contributed by atoms with Gasteiger partial charge in [-0.05, 0) is 6.92 Å². The molecule has 8 nitrogen and oxygen atoms in total. The molecule has 0 aromatic heterocycles. The summed E-state index contributed by atoms with van der Waals surface area (Å²) in [7, 11) is 2.94. The van der Waals surface area contributed by atoms with Crippen molar-refractivity contribution in [2.24, 2.45) is 15.3 Å². The van der Waals surface area contributed by atoms with Crippen LogP contribution in [0.4, 0.5) is 0 Å². The number of amidine groups is 1. The predicted molar refractivity (Wildman–Crippen MR) is 90.7 cm³/mol. The standard InChI is InChI=1S/C16H19N5O3/c1-11(9-17)20-24-10-13-7-5-6-8-14(13)15(21-23-4)16(18-3)19-12(2)22/h5-8H,10H2,1-4H3,(H,18,19,22)/b20-11+,21-15?. The molecule has 1 rings (SSSR count). The van der Waals surface area contributed by atoms with Crippen LogP contribution in [-0.4, -0.2) is 37.3 Å². The van der Waals surface area contributed by atoms with Gasteiger partial charge in [0.2, 0.25) is 5.91 Å². The molecule has 0 bridgehead atoms. The normalized spacial score (nSPS) is 12.4. The molecule has 8 heteroatoms. The molecule has 126 valence electrons. The van der Waals surface area contributed by atoms with E-state index in [-0.39, 0.29) is 24.1 Å². The monoisotopic (exact) mass is 329 g/mol. The van der Waals surface area contributed by atoms with Gasteiger partial charge in [-0.2, -0.15) is 5.26 Å². The first-order valence-electron chi connectivity index (χ1n) is 7.04. The summed E-state index contributed by atoms with van der Waals surface area (Å²) in [6, 6.07) is 9.13. The van der Waals surface area contributed by atoms with E-state index in [9.17, 15) is 4.79 Å². The van der Waals surface area contributed by atoms with Gasteiger partial charge >= 0.3 is 0 Å². The van der Waals surface area contributed by atoms with Crippen LogP contribution in [0.2, 0.25) is 0 Å². The molecule has 1 amide bonds. The first-order valence-corrected chi connectivity index (χ1v) is 7.04. The Morgan fingerprint density at radius 3 is 2.58 bits per heavy atom. The highest BCUT2D eigenvalue weighted by atomic mass is 16.6. The van der Waals surface area contributed by atoms with Gasteiger partial charge in [0.1, 0.15) is 19.8 Å². The first-order chi connectivity index (χ1) is 11.5. The Morgan fingerprint density at radius 2 is 2.00 bits per heavy atom. The van der Waals surface area contributed by atoms with Gasteiger partial charge in [-0.25, -0.2) is 0 Å². The number of oxime groups is 2. The molecule has 0 aliphatic rings. The van der Waals surface area contributed by atoms with Crippen molar-refractivity contribution in [1.82, 2.24) is 5.32 Å². The summed E-state index contributed by atoms with van der Waals surface area (Å²) >= 11 is 0. The van der Waals surface area contributed by atoms with E-state index in [1.54, 1.807) is 13.0 Å². The highest BCUT2D eigenvalue weighted by Gasteiger charge is 2.17. The number of rotatable bonds is 6. The minimum Gasteiger partial charge on any atom is -0.399 e. The number of benzene rings is 1. The van der Waals surface area contributed by atoms with E-state index >= 15 is 0 Å². The lowest BCUT2D eigenvalue weighted by Gasteiger charge is -2.13. The lowest BCUT2D eigenvalue weighted by atomic mass is 10.0. The highest BCUT2D eigenvalue weighted by molar-refractivity contribution is 6.49. The molecule has 0 aliphatic carbocycles. The molecule has 0 heterocycles. The first kappa shape index (κ1) is 18.8. The zero-order valence-corrected chi connectivity index (χ0v) is 14.0. The fraction of sp³-hybridized carbons (Fsp3) is 0.312. The van der Waals surface area contributed by atoms with Crippen molar-refractivity contribution < 1.29 is 14.5 Å². The van der Waals surface area contributed by atoms with Gasteiger partial charge in [0.15, 0.2) is 17.3 Å². The van der Waals surface area contributed by atoms with E-state index < -0.39 is 0 Å². The Balaban J connectivity index is 3.19. The number of hydrogen-bond donors (Lipinski definition) is 1. The smallest absolute Gasteiger partial charge is 0.222 e. The average Bonchev–Trinajstić information content (AvgIpc) is 2.58. The van der Waals surface area contributed by atoms with E-state index in [4.69, 9.17) is 14.9 Å². The Bertz CT molecular complexity index is 717. The van der Waals surface area contributed by atoms with Crippen molar-refractivity contribution in [3.63, 3.8) is 0 Å². The van der Waals surface area contributed by atoms with Crippen LogP contribution in [0.15, 0.2) is 39.6 Å². The molecule has 24 heavy (non-hydrogen) atoms. The van der Waals surface area contributed by atoms with Crippen molar-refractivity contribution in [2.75, 3.05) is 14.2 Å². The van der Waals surface area contributed by atoms with Gasteiger partial charge in [0.05, 0.1) is 0 Å². The quantitative estimate of drug-likeness (QED) is 0.486. The molecule has 1 aromatic carbocycles. The maximum Gasteiger partial charge on any atom is 0.222 e. The minimum absolute atomic E-state index is 0.120. The largest absolute Gasteiger partial charge is 0.399 e. The number of aliphatic imine (C=N–C) groups is 1. The Kier molecular flexibility index (Phi) is 7.64. The number of carbonyl (C=O) groups excluding carboxylic acids is 1. The summed E-state index contributed by atoms with van der Waals surface area (Å²) in [5.74, 6) is -0.00381. The van der Waals surface area contributed by atoms with Gasteiger partial charge in [-0.3, -0.25) is 9.79 Å². The van der Waals surface area contributed by atoms with Crippen LogP contribution in [-0.2, 0) is 21.1 Å². The van der Waals surface area contributed by atoms with Crippen molar-refractivity contribution in [2.45, 2.75) is 20.5 Å². The van der Waals surface area contributed by atoms with E-state index in [2.05, 4.69) is 20.6 Å². The van der Waals surface area contributed by atoms with Gasteiger partial charge in [0, 0.05) is 25.1 Å². The van der Waals surface area contributed by atoms with Crippen LogP contribution in [0.1, 0.15) is 25.0 Å². The third-order valence-corrected chi connectivity index (χ3v) is 2.78. The molecule has 0 saturated carbocycles. The minimum atomic E-state index is -0.276. The molecular formula is C16H19N5O3. The zero-order valence-electron chi connectivity index (χ0n) is 14.0. The van der Waals surface area contributed by atoms with Crippen LogP contribution in [0, 0.1) is 11.3 Å². The van der Waals surface area contributed by atoms with Crippen molar-refractivity contribution in [3.8, 4) is 6.07 Å². The fourth-order valence-electron chi connectivity index (χ4n) is 1.80. The molecule has 0 unspecified atom stereocenters. The second-order valence-electron chi connectivity index (χ2n) is 4.59. The van der Waals surface area contributed by atoms with E-state index in [1.807, 2.05) is 24.3 Å². The summed E-state index contributed by atoms with van der Waals surface area (Å²) < 4.78 is 0. The van der Waals surface area contributed by atoms with Crippen LogP contribution < -0.4 is 5.32 Å². The number of nitriles is 1. The maximum atomic E-state index is 11.4. The second-order valence-corrected chi connectivity index (χ2v) is 4.59. The molecule has 1 aromatic rings. The Hall–Kier alpha value is -3.21. The van der Waals surface area contributed by atoms with Crippen LogP contribution in [0.25, 0.3) is 0 Å². The van der Waals surface area contributed by atoms with Gasteiger partial charge < -0.3 is 15.0 Å². The summed E-state index contributed by atoms with van der Waals surface area (Å²) in [5, 5.41) is 18.9. The summed E-state index contributed by atoms with van der Waals surface area (Å²) in [6.45, 7) is 3.04. The van der Waals surface area contributed by atoms with Gasteiger partial charge in [-0.1, -0.05) is 34.6 Å². The van der Waals surface area contributed by atoms with Crippen LogP contribution >= 0.6 is 0 Å². The third kappa shape index (κ3) is 5.53. The van der Waals surface area contributed by atoms with E-state index in [0.29, 0.717) is 11.3 Å². The van der Waals surface area contributed by atoms with E-state index in [1.165, 1.54) is 21.1 Å². The summed E-state index contributed by atoms with van der Waals surface area (Å²) in [5.41, 5.74) is 1.98. The summed E-state index contributed by atoms with van der Waals surface area (Å²) in [4.78, 5) is 25.5. The topological polar surface area (TPSA) is 108 Å². The fourth-order valence-corrected chi connectivity index (χ4v) is 1.80. The molecule has 1 N–H and O–H groups in total. The van der Waals surface area contributed by atoms with Crippen molar-refractivity contribution >= 4 is 23.2 Å². The predicted octanol–water partition coefficient (Wildman–Crippen LogP) is 1.62. The summed E-state index contributed by atoms with van der Waals surface area (Å²) in [6.07, 6.45) is 0. The molecule has 0 aliphatic heterocycles. The Labute approximate surface area is 140 Å². The highest BCUT2D eigenvalue weighted by Crippen LogP contribution is 2.13. The molecular weight excluding hydrogens is 310 g/mol. The number of hydrogen-bond acceptors (Lipinski definition) is 7. The number of nitrogens with one attached hydrogen (secondary N) is 1. The van der Waals surface area contributed by atoms with Crippen LogP contribution in [0.5, 0.6) is 0 Å². The number of nitrogens with zero attached hydrogens (tertiary/aromatic N) is 4. The molecule has 0 saturated heterocycles. The van der Waals surface area contributed by atoms with Gasteiger partial charge in [-0.15, -0.1) is 0 Å². The van der Waals surface area contributed by atoms with Crippen molar-refractivity contribution in [1.29, 1.82) is 5.26 Å². The Morgan fingerprint density at radius 1 is 1.29 bits per heavy atom. The number of amides is 1. The number of carbonyl (C=O) groups is 1. The molecule has 0 fully saturated rings. The van der Waals surface area contributed by atoms with Gasteiger partial charge in [0.25, 0.3) is 0 Å². The zero-order chi connectivity index (χ0) is 17.9. The third-order valence-electron chi connectivity index (χ3n) is 2.78. The lowest BCUT2D eigenvalue weighted by Crippen LogP contribution is -2.36. The average molecular weight is 329 g/mol. The second kappa shape index (κ2) is 9.74. The molecule has 0 radical (unpaired) electrons. The SMILES string of the molecule is CN=C(NC(C)=O)C(=NOC)c1ccccc1CO/N=C(\C)C#N. The van der Waals surface area contributed by atoms with E-state index in [0.717, 1.165) is 5.56 Å². The molecule has 0 spiro atoms. The lowest BCUT2D eigenvalue weighted by molar-refractivity contribution is -0.117.